The van der Waals surface area contributed by atoms with Crippen LogP contribution in [0.5, 0.6) is 5.75 Å². The molecular formula is C21H21N5O3. The summed E-state index contributed by atoms with van der Waals surface area (Å²) in [4.78, 5) is 24.1. The van der Waals surface area contributed by atoms with Crippen LogP contribution in [0.15, 0.2) is 54.6 Å². The number of nitrogens with zero attached hydrogens (tertiary/aromatic N) is 5. The second kappa shape index (κ2) is 7.75. The Kier molecular flexibility index (Phi) is 4.99. The monoisotopic (exact) mass is 391 g/mol. The molecule has 0 aliphatic carbocycles. The van der Waals surface area contributed by atoms with E-state index in [1.165, 1.54) is 12.1 Å². The van der Waals surface area contributed by atoms with Gasteiger partial charge in [-0.15, -0.1) is 0 Å². The smallest absolute Gasteiger partial charge is 0.270 e. The van der Waals surface area contributed by atoms with Crippen LogP contribution < -0.4 is 9.80 Å². The summed E-state index contributed by atoms with van der Waals surface area (Å²) in [5.41, 5.74) is 2.28. The topological polar surface area (TPSA) is 95.6 Å². The zero-order valence-electron chi connectivity index (χ0n) is 16.0. The number of phenols is 1. The molecule has 8 heteroatoms. The molecule has 29 heavy (non-hydrogen) atoms. The molecule has 0 amide bonds. The van der Waals surface area contributed by atoms with Gasteiger partial charge in [0.15, 0.2) is 5.82 Å². The van der Waals surface area contributed by atoms with E-state index < -0.39 is 4.92 Å². The fourth-order valence-corrected chi connectivity index (χ4v) is 3.51. The van der Waals surface area contributed by atoms with Gasteiger partial charge in [-0.2, -0.15) is 0 Å². The SMILES string of the molecule is Cc1cc(N2CCN(c3ccccc3O)CC2)nc(-c2cccc([N+](=O)[O-])c2)n1. The first-order valence-electron chi connectivity index (χ1n) is 9.39. The number of non-ortho nitro benzene ring substituents is 1. The van der Waals surface area contributed by atoms with Crippen molar-refractivity contribution < 1.29 is 10.0 Å². The predicted molar refractivity (Wildman–Crippen MR) is 111 cm³/mol. The van der Waals surface area contributed by atoms with E-state index in [4.69, 9.17) is 0 Å². The molecule has 2 aromatic carbocycles. The number of benzene rings is 2. The van der Waals surface area contributed by atoms with E-state index in [1.807, 2.05) is 31.2 Å². The number of nitro groups is 1. The minimum absolute atomic E-state index is 0.0189. The first kappa shape index (κ1) is 18.7. The Balaban J connectivity index is 1.55. The first-order chi connectivity index (χ1) is 14.0. The fourth-order valence-electron chi connectivity index (χ4n) is 3.51. The maximum atomic E-state index is 11.1. The van der Waals surface area contributed by atoms with Gasteiger partial charge >= 0.3 is 0 Å². The molecule has 1 fully saturated rings. The molecule has 2 heterocycles. The van der Waals surface area contributed by atoms with Crippen molar-refractivity contribution in [2.45, 2.75) is 6.92 Å². The highest BCUT2D eigenvalue weighted by molar-refractivity contribution is 5.62. The van der Waals surface area contributed by atoms with Gasteiger partial charge in [-0.1, -0.05) is 24.3 Å². The number of anilines is 2. The Bertz CT molecular complexity index is 1050. The average molecular weight is 391 g/mol. The molecule has 1 aliphatic heterocycles. The van der Waals surface area contributed by atoms with Crippen molar-refractivity contribution in [1.82, 2.24) is 9.97 Å². The van der Waals surface area contributed by atoms with E-state index >= 15 is 0 Å². The van der Waals surface area contributed by atoms with E-state index in [0.29, 0.717) is 11.4 Å². The van der Waals surface area contributed by atoms with Crippen molar-refractivity contribution in [3.05, 3.63) is 70.4 Å². The quantitative estimate of drug-likeness (QED) is 0.538. The Morgan fingerprint density at radius 1 is 0.966 bits per heavy atom. The van der Waals surface area contributed by atoms with Crippen LogP contribution in [0.4, 0.5) is 17.2 Å². The fraction of sp³-hybridized carbons (Fsp3) is 0.238. The highest BCUT2D eigenvalue weighted by Crippen LogP contribution is 2.29. The normalized spacial score (nSPS) is 14.1. The van der Waals surface area contributed by atoms with Gasteiger partial charge in [0.1, 0.15) is 11.6 Å². The lowest BCUT2D eigenvalue weighted by Crippen LogP contribution is -2.46. The van der Waals surface area contributed by atoms with E-state index in [0.717, 1.165) is 43.4 Å². The van der Waals surface area contributed by atoms with Gasteiger partial charge < -0.3 is 14.9 Å². The maximum absolute atomic E-state index is 11.1. The molecule has 1 aliphatic rings. The summed E-state index contributed by atoms with van der Waals surface area (Å²) < 4.78 is 0. The van der Waals surface area contributed by atoms with Crippen LogP contribution >= 0.6 is 0 Å². The van der Waals surface area contributed by atoms with Gasteiger partial charge in [0.25, 0.3) is 5.69 Å². The van der Waals surface area contributed by atoms with Gasteiger partial charge in [-0.25, -0.2) is 9.97 Å². The molecule has 0 radical (unpaired) electrons. The van der Waals surface area contributed by atoms with Crippen LogP contribution in [0.1, 0.15) is 5.69 Å². The summed E-state index contributed by atoms with van der Waals surface area (Å²) in [7, 11) is 0. The number of hydrogen-bond acceptors (Lipinski definition) is 7. The molecule has 148 valence electrons. The van der Waals surface area contributed by atoms with Crippen LogP contribution in [0, 0.1) is 17.0 Å². The number of hydrogen-bond donors (Lipinski definition) is 1. The van der Waals surface area contributed by atoms with Crippen LogP contribution in [-0.2, 0) is 0 Å². The number of para-hydroxylation sites is 2. The summed E-state index contributed by atoms with van der Waals surface area (Å²) >= 11 is 0. The summed E-state index contributed by atoms with van der Waals surface area (Å²) in [6, 6.07) is 15.6. The number of aromatic nitrogens is 2. The molecule has 0 unspecified atom stereocenters. The molecule has 1 aromatic heterocycles. The number of phenolic OH excluding ortho intramolecular Hbond substituents is 1. The van der Waals surface area contributed by atoms with Crippen molar-refractivity contribution in [3.8, 4) is 17.1 Å². The van der Waals surface area contributed by atoms with E-state index in [1.54, 1.807) is 18.2 Å². The van der Waals surface area contributed by atoms with Crippen molar-refractivity contribution in [1.29, 1.82) is 0 Å². The molecule has 0 saturated carbocycles. The zero-order valence-corrected chi connectivity index (χ0v) is 16.0. The number of aryl methyl sites for hydroxylation is 1. The molecular weight excluding hydrogens is 370 g/mol. The lowest BCUT2D eigenvalue weighted by atomic mass is 10.2. The van der Waals surface area contributed by atoms with Crippen LogP contribution in [0.2, 0.25) is 0 Å². The number of rotatable bonds is 4. The average Bonchev–Trinajstić information content (AvgIpc) is 2.74. The second-order valence-electron chi connectivity index (χ2n) is 6.96. The molecule has 0 spiro atoms. The van der Waals surface area contributed by atoms with Crippen LogP contribution in [-0.4, -0.2) is 46.2 Å². The largest absolute Gasteiger partial charge is 0.506 e. The van der Waals surface area contributed by atoms with Crippen LogP contribution in [0.3, 0.4) is 0 Å². The molecule has 3 aromatic rings. The molecule has 0 bridgehead atoms. The van der Waals surface area contributed by atoms with Crippen LogP contribution in [0.25, 0.3) is 11.4 Å². The standard InChI is InChI=1S/C21H21N5O3/c1-15-13-20(23-21(22-15)16-5-4-6-17(14-16)26(28)29)25-11-9-24(10-12-25)18-7-2-3-8-19(18)27/h2-8,13-14,27H,9-12H2,1H3. The Labute approximate surface area is 168 Å². The third kappa shape index (κ3) is 3.96. The Hall–Kier alpha value is -3.68. The van der Waals surface area contributed by atoms with E-state index in [2.05, 4.69) is 19.8 Å². The molecule has 8 nitrogen and oxygen atoms in total. The number of aromatic hydroxyl groups is 1. The minimum Gasteiger partial charge on any atom is -0.506 e. The third-order valence-electron chi connectivity index (χ3n) is 4.98. The lowest BCUT2D eigenvalue weighted by molar-refractivity contribution is -0.384. The summed E-state index contributed by atoms with van der Waals surface area (Å²) in [5, 5.41) is 21.2. The van der Waals surface area contributed by atoms with Gasteiger partial charge in [0.2, 0.25) is 0 Å². The third-order valence-corrected chi connectivity index (χ3v) is 4.98. The van der Waals surface area contributed by atoms with Gasteiger partial charge in [-0.3, -0.25) is 10.1 Å². The molecule has 4 rings (SSSR count). The van der Waals surface area contributed by atoms with Gasteiger partial charge in [0, 0.05) is 55.6 Å². The van der Waals surface area contributed by atoms with Gasteiger partial charge in [-0.05, 0) is 19.1 Å². The van der Waals surface area contributed by atoms with Gasteiger partial charge in [0.05, 0.1) is 10.6 Å². The predicted octanol–water partition coefficient (Wildman–Crippen LogP) is 3.39. The molecule has 1 saturated heterocycles. The lowest BCUT2D eigenvalue weighted by Gasteiger charge is -2.37. The van der Waals surface area contributed by atoms with E-state index in [9.17, 15) is 15.2 Å². The minimum atomic E-state index is -0.418. The number of piperazine rings is 1. The summed E-state index contributed by atoms with van der Waals surface area (Å²) in [6.07, 6.45) is 0. The molecule has 0 atom stereocenters. The summed E-state index contributed by atoms with van der Waals surface area (Å²) in [5.74, 6) is 1.56. The summed E-state index contributed by atoms with van der Waals surface area (Å²) in [6.45, 7) is 4.90. The highest BCUT2D eigenvalue weighted by atomic mass is 16.6. The van der Waals surface area contributed by atoms with Crippen molar-refractivity contribution in [2.24, 2.45) is 0 Å². The molecule has 1 N–H and O–H groups in total. The Morgan fingerprint density at radius 3 is 2.41 bits per heavy atom. The Morgan fingerprint density at radius 2 is 1.69 bits per heavy atom. The van der Waals surface area contributed by atoms with E-state index in [-0.39, 0.29) is 11.4 Å². The first-order valence-corrected chi connectivity index (χ1v) is 9.39. The maximum Gasteiger partial charge on any atom is 0.270 e. The number of nitro benzene ring substituents is 1. The van der Waals surface area contributed by atoms with Crippen molar-refractivity contribution in [2.75, 3.05) is 36.0 Å². The zero-order chi connectivity index (χ0) is 20.4. The van der Waals surface area contributed by atoms with Crippen molar-refractivity contribution in [3.63, 3.8) is 0 Å². The highest BCUT2D eigenvalue weighted by Gasteiger charge is 2.21. The second-order valence-corrected chi connectivity index (χ2v) is 6.96. The van der Waals surface area contributed by atoms with Crippen molar-refractivity contribution >= 4 is 17.2 Å².